The molecule has 3 N–H and O–H groups in total. The van der Waals surface area contributed by atoms with E-state index < -0.39 is 15.8 Å². The Balaban J connectivity index is 2.30. The lowest BCUT2D eigenvalue weighted by molar-refractivity contribution is 0.600. The number of halogens is 2. The molecule has 0 amide bonds. The van der Waals surface area contributed by atoms with E-state index in [2.05, 4.69) is 25.6 Å². The number of nitrogens with zero attached hydrogens (tertiary/aromatic N) is 1. The van der Waals surface area contributed by atoms with Crippen LogP contribution in [0.4, 0.5) is 15.9 Å². The van der Waals surface area contributed by atoms with Crippen LogP contribution in [0.1, 0.15) is 0 Å². The summed E-state index contributed by atoms with van der Waals surface area (Å²) in [5.41, 5.74) is 5.63. The molecule has 0 unspecified atom stereocenters. The molecule has 0 saturated heterocycles. The molecule has 5 nitrogen and oxygen atoms in total. The summed E-state index contributed by atoms with van der Waals surface area (Å²) in [6.07, 6.45) is 1.15. The SMILES string of the molecule is Nc1ccc(S(=O)(=O)Nc2ccc(F)c(Br)c2)cn1. The zero-order valence-corrected chi connectivity index (χ0v) is 11.9. The van der Waals surface area contributed by atoms with Gasteiger partial charge in [-0.25, -0.2) is 17.8 Å². The maximum Gasteiger partial charge on any atom is 0.263 e. The quantitative estimate of drug-likeness (QED) is 0.894. The van der Waals surface area contributed by atoms with Gasteiger partial charge in [-0.2, -0.15) is 0 Å². The zero-order chi connectivity index (χ0) is 14.0. The molecule has 1 aromatic heterocycles. The number of nitrogens with two attached hydrogens (primary N) is 1. The summed E-state index contributed by atoms with van der Waals surface area (Å²) in [4.78, 5) is 3.68. The van der Waals surface area contributed by atoms with Crippen molar-refractivity contribution in [3.63, 3.8) is 0 Å². The summed E-state index contributed by atoms with van der Waals surface area (Å²) in [6.45, 7) is 0. The van der Waals surface area contributed by atoms with Crippen molar-refractivity contribution in [2.24, 2.45) is 0 Å². The first-order valence-electron chi connectivity index (χ1n) is 5.08. The summed E-state index contributed by atoms with van der Waals surface area (Å²) >= 11 is 2.98. The molecule has 0 aliphatic carbocycles. The zero-order valence-electron chi connectivity index (χ0n) is 9.47. The minimum absolute atomic E-state index is 0.0258. The second-order valence-corrected chi connectivity index (χ2v) is 6.19. The first-order chi connectivity index (χ1) is 8.88. The summed E-state index contributed by atoms with van der Waals surface area (Å²) in [5.74, 6) is -0.249. The standard InChI is InChI=1S/C11H9BrFN3O2S/c12-9-5-7(1-3-10(9)13)16-19(17,18)8-2-4-11(14)15-6-8/h1-6,16H,(H2,14,15). The Morgan fingerprint density at radius 2 is 2.00 bits per heavy atom. The fourth-order valence-corrected chi connectivity index (χ4v) is 2.70. The fraction of sp³-hybridized carbons (Fsp3) is 0. The molecule has 1 heterocycles. The number of benzene rings is 1. The first kappa shape index (κ1) is 13.8. The minimum Gasteiger partial charge on any atom is -0.384 e. The van der Waals surface area contributed by atoms with Crippen molar-refractivity contribution in [3.8, 4) is 0 Å². The second-order valence-electron chi connectivity index (χ2n) is 3.65. The van der Waals surface area contributed by atoms with Crippen LogP contribution in [0.25, 0.3) is 0 Å². The Kier molecular flexibility index (Phi) is 3.72. The molecule has 0 spiro atoms. The summed E-state index contributed by atoms with van der Waals surface area (Å²) in [6, 6.07) is 6.53. The molecule has 0 aliphatic rings. The normalized spacial score (nSPS) is 11.3. The highest BCUT2D eigenvalue weighted by molar-refractivity contribution is 9.10. The van der Waals surface area contributed by atoms with Crippen LogP contribution in [0.15, 0.2) is 45.9 Å². The van der Waals surface area contributed by atoms with Crippen LogP contribution < -0.4 is 10.5 Å². The lowest BCUT2D eigenvalue weighted by Crippen LogP contribution is -2.13. The second kappa shape index (κ2) is 5.14. The number of aromatic nitrogens is 1. The van der Waals surface area contributed by atoms with Crippen molar-refractivity contribution in [1.29, 1.82) is 0 Å². The third kappa shape index (κ3) is 3.21. The third-order valence-corrected chi connectivity index (χ3v) is 4.22. The molecule has 2 rings (SSSR count). The van der Waals surface area contributed by atoms with Crippen LogP contribution in [-0.2, 0) is 10.0 Å². The molecule has 0 fully saturated rings. The highest BCUT2D eigenvalue weighted by Gasteiger charge is 2.15. The van der Waals surface area contributed by atoms with Crippen molar-refractivity contribution in [1.82, 2.24) is 4.98 Å². The molecule has 100 valence electrons. The van der Waals surface area contributed by atoms with Crippen LogP contribution in [0.3, 0.4) is 0 Å². The Bertz CT molecular complexity index is 704. The predicted octanol–water partition coefficient (Wildman–Crippen LogP) is 2.37. The average molecular weight is 346 g/mol. The van der Waals surface area contributed by atoms with E-state index in [0.29, 0.717) is 0 Å². The molecule has 1 aromatic carbocycles. The van der Waals surface area contributed by atoms with Crippen molar-refractivity contribution in [2.45, 2.75) is 4.90 Å². The lowest BCUT2D eigenvalue weighted by atomic mass is 10.3. The van der Waals surface area contributed by atoms with Gasteiger partial charge in [0.2, 0.25) is 0 Å². The number of hydrogen-bond acceptors (Lipinski definition) is 4. The molecule has 0 saturated carbocycles. The highest BCUT2D eigenvalue weighted by Crippen LogP contribution is 2.22. The summed E-state index contributed by atoms with van der Waals surface area (Å²) in [5, 5.41) is 0. The largest absolute Gasteiger partial charge is 0.384 e. The number of nitrogens with one attached hydrogen (secondary N) is 1. The number of sulfonamides is 1. The number of nitrogen functional groups attached to an aromatic ring is 1. The van der Waals surface area contributed by atoms with Gasteiger partial charge in [-0.1, -0.05) is 0 Å². The van der Waals surface area contributed by atoms with E-state index in [9.17, 15) is 12.8 Å². The van der Waals surface area contributed by atoms with Crippen LogP contribution >= 0.6 is 15.9 Å². The maximum absolute atomic E-state index is 13.1. The van der Waals surface area contributed by atoms with Gasteiger partial charge in [-0.15, -0.1) is 0 Å². The van der Waals surface area contributed by atoms with E-state index in [4.69, 9.17) is 5.73 Å². The van der Waals surface area contributed by atoms with E-state index in [1.807, 2.05) is 0 Å². The summed E-state index contributed by atoms with van der Waals surface area (Å²) in [7, 11) is -3.77. The highest BCUT2D eigenvalue weighted by atomic mass is 79.9. The maximum atomic E-state index is 13.1. The monoisotopic (exact) mass is 345 g/mol. The number of hydrogen-bond donors (Lipinski definition) is 2. The number of anilines is 2. The van der Waals surface area contributed by atoms with Crippen LogP contribution in [0.5, 0.6) is 0 Å². The van der Waals surface area contributed by atoms with Crippen molar-refractivity contribution < 1.29 is 12.8 Å². The molecule has 0 radical (unpaired) electrons. The van der Waals surface area contributed by atoms with Gasteiger partial charge in [-0.3, -0.25) is 4.72 Å². The summed E-state index contributed by atoms with van der Waals surface area (Å²) < 4.78 is 39.6. The third-order valence-electron chi connectivity index (χ3n) is 2.24. The van der Waals surface area contributed by atoms with Crippen molar-refractivity contribution in [2.75, 3.05) is 10.5 Å². The molecular formula is C11H9BrFN3O2S. The van der Waals surface area contributed by atoms with E-state index in [0.717, 1.165) is 12.3 Å². The van der Waals surface area contributed by atoms with Gasteiger partial charge >= 0.3 is 0 Å². The lowest BCUT2D eigenvalue weighted by Gasteiger charge is -2.08. The average Bonchev–Trinajstić information content (AvgIpc) is 2.34. The van der Waals surface area contributed by atoms with E-state index in [1.165, 1.54) is 24.3 Å². The molecule has 19 heavy (non-hydrogen) atoms. The van der Waals surface area contributed by atoms with E-state index in [-0.39, 0.29) is 20.9 Å². The van der Waals surface area contributed by atoms with Gasteiger partial charge < -0.3 is 5.73 Å². The van der Waals surface area contributed by atoms with E-state index in [1.54, 1.807) is 0 Å². The van der Waals surface area contributed by atoms with E-state index >= 15 is 0 Å². The van der Waals surface area contributed by atoms with Crippen LogP contribution in [0.2, 0.25) is 0 Å². The first-order valence-corrected chi connectivity index (χ1v) is 7.35. The van der Waals surface area contributed by atoms with Gasteiger partial charge in [-0.05, 0) is 46.3 Å². The van der Waals surface area contributed by atoms with Gasteiger partial charge in [0, 0.05) is 6.20 Å². The number of pyridine rings is 1. The van der Waals surface area contributed by atoms with Gasteiger partial charge in [0.15, 0.2) is 0 Å². The van der Waals surface area contributed by atoms with Crippen LogP contribution in [-0.4, -0.2) is 13.4 Å². The van der Waals surface area contributed by atoms with Gasteiger partial charge in [0.05, 0.1) is 10.2 Å². The topological polar surface area (TPSA) is 85.1 Å². The molecule has 8 heteroatoms. The van der Waals surface area contributed by atoms with Crippen molar-refractivity contribution >= 4 is 37.5 Å². The Hall–Kier alpha value is -1.67. The van der Waals surface area contributed by atoms with Gasteiger partial charge in [0.25, 0.3) is 10.0 Å². The number of rotatable bonds is 3. The molecule has 2 aromatic rings. The predicted molar refractivity (Wildman–Crippen MR) is 73.6 cm³/mol. The fourth-order valence-electron chi connectivity index (χ4n) is 1.32. The van der Waals surface area contributed by atoms with Crippen molar-refractivity contribution in [3.05, 3.63) is 46.8 Å². The Morgan fingerprint density at radius 3 is 2.58 bits per heavy atom. The molecular weight excluding hydrogens is 337 g/mol. The molecule has 0 aliphatic heterocycles. The smallest absolute Gasteiger partial charge is 0.263 e. The minimum atomic E-state index is -3.77. The Labute approximate surface area is 117 Å². The van der Waals surface area contributed by atoms with Gasteiger partial charge in [0.1, 0.15) is 16.5 Å². The van der Waals surface area contributed by atoms with Crippen LogP contribution in [0, 0.1) is 5.82 Å². The Morgan fingerprint density at radius 1 is 1.26 bits per heavy atom. The molecule has 0 bridgehead atoms. The molecule has 0 atom stereocenters.